The minimum atomic E-state index is -0.499. The summed E-state index contributed by atoms with van der Waals surface area (Å²) in [5.41, 5.74) is 2.42. The molecule has 1 aromatic carbocycles. The van der Waals surface area contributed by atoms with Crippen LogP contribution in [0, 0.1) is 0 Å². The summed E-state index contributed by atoms with van der Waals surface area (Å²) in [6.07, 6.45) is 9.23. The van der Waals surface area contributed by atoms with Gasteiger partial charge in [-0.3, -0.25) is 9.59 Å². The molecular formula is C23H34N2O3. The highest BCUT2D eigenvalue weighted by Crippen LogP contribution is 2.19. The van der Waals surface area contributed by atoms with E-state index in [-0.39, 0.29) is 11.8 Å². The number of rotatable bonds is 10. The predicted octanol–water partition coefficient (Wildman–Crippen LogP) is 4.22. The fourth-order valence-electron chi connectivity index (χ4n) is 3.49. The number of hydrogen-bond donors (Lipinski definition) is 1. The molecule has 0 spiro atoms. The Labute approximate surface area is 169 Å². The average Bonchev–Trinajstić information content (AvgIpc) is 2.72. The molecule has 1 aliphatic carbocycles. The van der Waals surface area contributed by atoms with Crippen molar-refractivity contribution in [2.24, 2.45) is 0 Å². The first kappa shape index (κ1) is 22.0. The molecule has 28 heavy (non-hydrogen) atoms. The molecule has 1 atom stereocenters. The van der Waals surface area contributed by atoms with Gasteiger partial charge in [-0.2, -0.15) is 0 Å². The molecule has 0 aliphatic heterocycles. The number of amides is 2. The fourth-order valence-corrected chi connectivity index (χ4v) is 3.49. The number of hydrogen-bond acceptors (Lipinski definition) is 3. The zero-order chi connectivity index (χ0) is 20.4. The van der Waals surface area contributed by atoms with Crippen molar-refractivity contribution in [1.29, 1.82) is 0 Å². The Morgan fingerprint density at radius 2 is 1.96 bits per heavy atom. The normalized spacial score (nSPS) is 14.8. The van der Waals surface area contributed by atoms with E-state index >= 15 is 0 Å². The highest BCUT2D eigenvalue weighted by atomic mass is 16.5. The number of ether oxygens (including phenoxy) is 1. The summed E-state index contributed by atoms with van der Waals surface area (Å²) in [5.74, 6) is 0.698. The second-order valence-corrected chi connectivity index (χ2v) is 7.44. The molecular weight excluding hydrogens is 352 g/mol. The summed E-state index contributed by atoms with van der Waals surface area (Å²) in [4.78, 5) is 27.0. The van der Waals surface area contributed by atoms with Gasteiger partial charge in [0.1, 0.15) is 11.8 Å². The zero-order valence-electron chi connectivity index (χ0n) is 17.5. The number of nitrogens with zero attached hydrogens (tertiary/aromatic N) is 1. The molecule has 0 radical (unpaired) electrons. The van der Waals surface area contributed by atoms with E-state index in [1.54, 1.807) is 12.0 Å². The van der Waals surface area contributed by atoms with Crippen molar-refractivity contribution in [1.82, 2.24) is 10.2 Å². The summed E-state index contributed by atoms with van der Waals surface area (Å²) in [5, 5.41) is 3.02. The third kappa shape index (κ3) is 6.70. The van der Waals surface area contributed by atoms with Crippen LogP contribution in [-0.2, 0) is 16.1 Å². The van der Waals surface area contributed by atoms with E-state index in [1.807, 2.05) is 38.1 Å². The number of benzene rings is 1. The number of methoxy groups -OCH3 is 1. The van der Waals surface area contributed by atoms with Crippen LogP contribution in [0.5, 0.6) is 5.75 Å². The van der Waals surface area contributed by atoms with Gasteiger partial charge in [0.15, 0.2) is 0 Å². The van der Waals surface area contributed by atoms with Crippen molar-refractivity contribution in [3.05, 3.63) is 41.5 Å². The average molecular weight is 387 g/mol. The number of allylic oxidation sites excluding steroid dienone is 1. The van der Waals surface area contributed by atoms with Gasteiger partial charge >= 0.3 is 0 Å². The molecule has 5 heteroatoms. The molecule has 154 valence electrons. The Kier molecular flexibility index (Phi) is 9.05. The lowest BCUT2D eigenvalue weighted by Crippen LogP contribution is -2.47. The first-order valence-corrected chi connectivity index (χ1v) is 10.4. The minimum absolute atomic E-state index is 0.0101. The minimum Gasteiger partial charge on any atom is -0.497 e. The maximum atomic E-state index is 12.7. The van der Waals surface area contributed by atoms with Gasteiger partial charge < -0.3 is 15.0 Å². The number of nitrogens with one attached hydrogen (secondary N) is 1. The first-order valence-electron chi connectivity index (χ1n) is 10.4. The van der Waals surface area contributed by atoms with Gasteiger partial charge in [-0.15, -0.1) is 0 Å². The number of carbonyl (C=O) groups excluding carboxylic acids is 2. The summed E-state index contributed by atoms with van der Waals surface area (Å²) in [7, 11) is 1.63. The molecule has 0 bridgehead atoms. The van der Waals surface area contributed by atoms with Crippen LogP contribution in [0.3, 0.4) is 0 Å². The third-order valence-electron chi connectivity index (χ3n) is 5.27. The first-order chi connectivity index (χ1) is 13.5. The van der Waals surface area contributed by atoms with Crippen molar-refractivity contribution >= 4 is 11.8 Å². The molecule has 0 fully saturated rings. The Balaban J connectivity index is 1.96. The van der Waals surface area contributed by atoms with Crippen LogP contribution in [-0.4, -0.2) is 36.4 Å². The van der Waals surface area contributed by atoms with E-state index in [2.05, 4.69) is 11.4 Å². The van der Waals surface area contributed by atoms with Crippen molar-refractivity contribution in [2.45, 2.75) is 71.4 Å². The van der Waals surface area contributed by atoms with Crippen LogP contribution in [0.2, 0.25) is 0 Å². The predicted molar refractivity (Wildman–Crippen MR) is 112 cm³/mol. The molecule has 2 amide bonds. The van der Waals surface area contributed by atoms with Crippen LogP contribution in [0.25, 0.3) is 0 Å². The quantitative estimate of drug-likeness (QED) is 0.613. The Morgan fingerprint density at radius 1 is 1.21 bits per heavy atom. The highest BCUT2D eigenvalue weighted by molar-refractivity contribution is 5.87. The van der Waals surface area contributed by atoms with Crippen molar-refractivity contribution < 1.29 is 14.3 Å². The molecule has 0 heterocycles. The van der Waals surface area contributed by atoms with Crippen LogP contribution < -0.4 is 10.1 Å². The Hall–Kier alpha value is -2.30. The SMILES string of the molecule is CCCC(=O)N(Cc1ccc(OC)cc1)C(C)C(=O)NCCC1=CCCCC1. The van der Waals surface area contributed by atoms with Gasteiger partial charge in [0.05, 0.1) is 7.11 Å². The molecule has 1 unspecified atom stereocenters. The van der Waals surface area contributed by atoms with E-state index in [4.69, 9.17) is 4.74 Å². The highest BCUT2D eigenvalue weighted by Gasteiger charge is 2.25. The molecule has 0 aromatic heterocycles. The molecule has 2 rings (SSSR count). The molecule has 5 nitrogen and oxygen atoms in total. The molecule has 1 aromatic rings. The lowest BCUT2D eigenvalue weighted by Gasteiger charge is -2.29. The van der Waals surface area contributed by atoms with Crippen LogP contribution in [0.15, 0.2) is 35.9 Å². The van der Waals surface area contributed by atoms with Gasteiger partial charge in [0.25, 0.3) is 0 Å². The monoisotopic (exact) mass is 386 g/mol. The van der Waals surface area contributed by atoms with Gasteiger partial charge in [-0.1, -0.05) is 30.7 Å². The smallest absolute Gasteiger partial charge is 0.242 e. The van der Waals surface area contributed by atoms with Gasteiger partial charge in [-0.25, -0.2) is 0 Å². The second kappa shape index (κ2) is 11.5. The van der Waals surface area contributed by atoms with E-state index < -0.39 is 6.04 Å². The van der Waals surface area contributed by atoms with Crippen molar-refractivity contribution in [3.8, 4) is 5.75 Å². The standard InChI is InChI=1S/C23H34N2O3/c1-4-8-22(26)25(17-20-11-13-21(28-3)14-12-20)18(2)23(27)24-16-15-19-9-6-5-7-10-19/h9,11-14,18H,4-8,10,15-17H2,1-3H3,(H,24,27). The van der Waals surface area contributed by atoms with E-state index in [1.165, 1.54) is 18.4 Å². The van der Waals surface area contributed by atoms with Crippen molar-refractivity contribution in [2.75, 3.05) is 13.7 Å². The molecule has 1 aliphatic rings. The van der Waals surface area contributed by atoms with E-state index in [0.29, 0.717) is 19.5 Å². The largest absolute Gasteiger partial charge is 0.497 e. The third-order valence-corrected chi connectivity index (χ3v) is 5.27. The van der Waals surface area contributed by atoms with Crippen LogP contribution in [0.1, 0.15) is 64.4 Å². The number of carbonyl (C=O) groups is 2. The molecule has 1 N–H and O–H groups in total. The van der Waals surface area contributed by atoms with Gasteiger partial charge in [0, 0.05) is 19.5 Å². The summed E-state index contributed by atoms with van der Waals surface area (Å²) >= 11 is 0. The molecule has 0 saturated heterocycles. The molecule has 0 saturated carbocycles. The summed E-state index contributed by atoms with van der Waals surface area (Å²) in [6, 6.07) is 7.12. The van der Waals surface area contributed by atoms with E-state index in [0.717, 1.165) is 37.0 Å². The maximum Gasteiger partial charge on any atom is 0.242 e. The zero-order valence-corrected chi connectivity index (χ0v) is 17.5. The Morgan fingerprint density at radius 3 is 2.57 bits per heavy atom. The topological polar surface area (TPSA) is 58.6 Å². The second-order valence-electron chi connectivity index (χ2n) is 7.44. The van der Waals surface area contributed by atoms with E-state index in [9.17, 15) is 9.59 Å². The van der Waals surface area contributed by atoms with Gasteiger partial charge in [-0.05, 0) is 63.1 Å². The lowest BCUT2D eigenvalue weighted by atomic mass is 9.97. The lowest BCUT2D eigenvalue weighted by molar-refractivity contribution is -0.140. The van der Waals surface area contributed by atoms with Gasteiger partial charge in [0.2, 0.25) is 11.8 Å². The maximum absolute atomic E-state index is 12.7. The van der Waals surface area contributed by atoms with Crippen LogP contribution in [0.4, 0.5) is 0 Å². The summed E-state index contributed by atoms with van der Waals surface area (Å²) in [6.45, 7) is 4.84. The fraction of sp³-hybridized carbons (Fsp3) is 0.565. The summed E-state index contributed by atoms with van der Waals surface area (Å²) < 4.78 is 5.19. The Bertz CT molecular complexity index is 667. The van der Waals surface area contributed by atoms with Crippen LogP contribution >= 0.6 is 0 Å². The van der Waals surface area contributed by atoms with Crippen molar-refractivity contribution in [3.63, 3.8) is 0 Å².